The van der Waals surface area contributed by atoms with Gasteiger partial charge in [0.1, 0.15) is 0 Å². The molecule has 3 heteroatoms. The summed E-state index contributed by atoms with van der Waals surface area (Å²) in [6.45, 7) is 28.9. The minimum absolute atomic E-state index is 0. The summed E-state index contributed by atoms with van der Waals surface area (Å²) in [6.07, 6.45) is 2.36. The molecule has 0 unspecified atom stereocenters. The van der Waals surface area contributed by atoms with Gasteiger partial charge in [0.05, 0.1) is 0 Å². The van der Waals surface area contributed by atoms with Gasteiger partial charge in [0.25, 0.3) is 0 Å². The second kappa shape index (κ2) is 9.69. The standard InChI is InChI=1S/C24H43P2.Ir.4H/c1-21(2,3)25(22(4,5)6)17-19-14-13-15-20(16-19)18-26(23(7,8)9)24(10,11)12;;;;;/h13-15H,17-18H2,1-12H3;;;;;/q-1;;;;;. The first-order valence-corrected chi connectivity index (χ1v) is 13.0. The maximum absolute atomic E-state index is 3.83. The van der Waals surface area contributed by atoms with Crippen molar-refractivity contribution in [3.63, 3.8) is 0 Å². The van der Waals surface area contributed by atoms with E-state index in [9.17, 15) is 0 Å². The number of hydrogen-bond donors (Lipinski definition) is 0. The van der Waals surface area contributed by atoms with Gasteiger partial charge in [-0.25, -0.2) is 0 Å². The second-order valence-corrected chi connectivity index (χ2v) is 19.3. The minimum atomic E-state index is -0.123. The summed E-state index contributed by atoms with van der Waals surface area (Å²) >= 11 is 0. The molecule has 0 nitrogen and oxygen atoms in total. The molecule has 0 aromatic heterocycles. The van der Waals surface area contributed by atoms with E-state index in [0.717, 1.165) is 0 Å². The Morgan fingerprint density at radius 3 is 1.07 bits per heavy atom. The van der Waals surface area contributed by atoms with Crippen molar-refractivity contribution < 1.29 is 20.1 Å². The molecule has 1 radical (unpaired) electrons. The predicted octanol–water partition coefficient (Wildman–Crippen LogP) is 7.57. The maximum atomic E-state index is 3.83. The molecule has 0 saturated heterocycles. The predicted molar refractivity (Wildman–Crippen MR) is 131 cm³/mol. The number of hydrogen-bond acceptors (Lipinski definition) is 0. The van der Waals surface area contributed by atoms with Gasteiger partial charge >= 0.3 is 20.1 Å². The molecule has 163 valence electrons. The van der Waals surface area contributed by atoms with Crippen LogP contribution < -0.4 is 0 Å². The van der Waals surface area contributed by atoms with Crippen LogP contribution in [0.5, 0.6) is 0 Å². The Labute approximate surface area is 186 Å². The van der Waals surface area contributed by atoms with Crippen LogP contribution in [0.4, 0.5) is 0 Å². The average Bonchev–Trinajstić information content (AvgIpc) is 2.37. The molecule has 0 aliphatic rings. The topological polar surface area (TPSA) is 0 Å². The van der Waals surface area contributed by atoms with Gasteiger partial charge in [-0.2, -0.15) is 35.4 Å². The molecule has 0 aliphatic carbocycles. The van der Waals surface area contributed by atoms with Crippen molar-refractivity contribution in [3.05, 3.63) is 35.4 Å². The van der Waals surface area contributed by atoms with Crippen molar-refractivity contribution in [2.75, 3.05) is 0 Å². The molecule has 1 aromatic carbocycles. The summed E-state index contributed by atoms with van der Waals surface area (Å²) < 4.78 is 0. The summed E-state index contributed by atoms with van der Waals surface area (Å²) in [6, 6.07) is 10.7. The van der Waals surface area contributed by atoms with Crippen molar-refractivity contribution in [1.29, 1.82) is 0 Å². The van der Waals surface area contributed by atoms with E-state index in [1.807, 2.05) is 0 Å². The second-order valence-electron chi connectivity index (χ2n) is 11.6. The van der Waals surface area contributed by atoms with Gasteiger partial charge in [-0.05, 0) is 32.9 Å². The third-order valence-corrected chi connectivity index (χ3v) is 12.6. The van der Waals surface area contributed by atoms with Crippen LogP contribution >= 0.6 is 15.8 Å². The Morgan fingerprint density at radius 2 is 0.852 bits per heavy atom. The number of benzene rings is 1. The Hall–Kier alpha value is 0.729. The Kier molecular flexibility index (Phi) is 9.95. The fourth-order valence-corrected chi connectivity index (χ4v) is 11.0. The average molecular weight is 590 g/mol. The summed E-state index contributed by atoms with van der Waals surface area (Å²) in [4.78, 5) is 0. The number of rotatable bonds is 4. The molecule has 0 saturated carbocycles. The molecule has 0 spiro atoms. The van der Waals surface area contributed by atoms with Crippen LogP contribution in [0.15, 0.2) is 18.2 Å². The molecule has 27 heavy (non-hydrogen) atoms. The van der Waals surface area contributed by atoms with Crippen LogP contribution in [0, 0.1) is 6.07 Å². The van der Waals surface area contributed by atoms with Gasteiger partial charge in [0, 0.05) is 0 Å². The van der Waals surface area contributed by atoms with Gasteiger partial charge in [0.15, 0.2) is 0 Å². The fraction of sp³-hybridized carbons (Fsp3) is 0.750. The summed E-state index contributed by atoms with van der Waals surface area (Å²) in [5.74, 6) is 0. The zero-order chi connectivity index (χ0) is 20.6. The van der Waals surface area contributed by atoms with E-state index < -0.39 is 0 Å². The van der Waals surface area contributed by atoms with Gasteiger partial charge < -0.3 is 0 Å². The summed E-state index contributed by atoms with van der Waals surface area (Å²) in [5.41, 5.74) is 2.83. The van der Waals surface area contributed by atoms with Gasteiger partial charge in [0.2, 0.25) is 0 Å². The van der Waals surface area contributed by atoms with E-state index in [4.69, 9.17) is 0 Å². The van der Waals surface area contributed by atoms with Crippen LogP contribution in [0.25, 0.3) is 0 Å². The molecule has 0 heterocycles. The molecule has 0 fully saturated rings. The van der Waals surface area contributed by atoms with E-state index >= 15 is 0 Å². The summed E-state index contributed by atoms with van der Waals surface area (Å²) in [5, 5.41) is 1.45. The Balaban J connectivity index is 0.00000676. The zero-order valence-corrected chi connectivity index (χ0v) is 25.0. The third kappa shape index (κ3) is 8.95. The van der Waals surface area contributed by atoms with E-state index in [2.05, 4.69) is 107 Å². The Bertz CT molecular complexity index is 503. The first kappa shape index (κ1) is 27.7. The van der Waals surface area contributed by atoms with Crippen LogP contribution in [-0.2, 0) is 32.4 Å². The molecule has 0 N–H and O–H groups in total. The molecular weight excluding hydrogens is 542 g/mol. The first-order valence-electron chi connectivity index (χ1n) is 9.98. The fourth-order valence-electron chi connectivity index (χ4n) is 4.06. The molecule has 0 aliphatic heterocycles. The molecule has 0 atom stereocenters. The van der Waals surface area contributed by atoms with Crippen molar-refractivity contribution in [2.24, 2.45) is 0 Å². The van der Waals surface area contributed by atoms with Gasteiger partial charge in [-0.1, -0.05) is 98.9 Å². The molecular formula is C24H47IrP2-. The third-order valence-electron chi connectivity index (χ3n) is 4.81. The van der Waals surface area contributed by atoms with Crippen LogP contribution in [0.2, 0.25) is 0 Å². The summed E-state index contributed by atoms with van der Waals surface area (Å²) in [7, 11) is -0.246. The van der Waals surface area contributed by atoms with Gasteiger partial charge in [-0.15, -0.1) is 0 Å². The SMILES string of the molecule is CC(C)(C)P(Cc1[c-]c(CP(C(C)(C)C)C(C)(C)C)ccc1)C(C)(C)C.[IrH4]. The Morgan fingerprint density at radius 1 is 0.593 bits per heavy atom. The van der Waals surface area contributed by atoms with E-state index in [0.29, 0.717) is 20.6 Å². The van der Waals surface area contributed by atoms with Crippen LogP contribution in [0.3, 0.4) is 0 Å². The van der Waals surface area contributed by atoms with Crippen LogP contribution in [0.1, 0.15) is 94.2 Å². The normalized spacial score (nSPS) is 13.9. The van der Waals surface area contributed by atoms with Crippen LogP contribution in [-0.4, -0.2) is 20.6 Å². The molecule has 0 amide bonds. The van der Waals surface area contributed by atoms with Crippen molar-refractivity contribution >= 4 is 15.8 Å². The van der Waals surface area contributed by atoms with Gasteiger partial charge in [-0.3, -0.25) is 0 Å². The quantitative estimate of drug-likeness (QED) is 0.251. The first-order chi connectivity index (χ1) is 11.4. The van der Waals surface area contributed by atoms with Crippen molar-refractivity contribution in [1.82, 2.24) is 0 Å². The zero-order valence-electron chi connectivity index (χ0n) is 20.0. The molecule has 0 bridgehead atoms. The monoisotopic (exact) mass is 590 g/mol. The molecule has 1 rings (SSSR count). The molecule has 1 aromatic rings. The van der Waals surface area contributed by atoms with E-state index in [-0.39, 0.29) is 35.9 Å². The van der Waals surface area contributed by atoms with Crippen molar-refractivity contribution in [2.45, 2.75) is 116 Å². The van der Waals surface area contributed by atoms with Crippen molar-refractivity contribution in [3.8, 4) is 0 Å². The van der Waals surface area contributed by atoms with E-state index in [1.165, 1.54) is 23.5 Å². The van der Waals surface area contributed by atoms with E-state index in [1.54, 1.807) is 0 Å².